The first-order chi connectivity index (χ1) is 14.3. The van der Waals surface area contributed by atoms with E-state index in [-0.39, 0.29) is 21.7 Å². The number of carbonyl (C=O) groups is 3. The maximum atomic E-state index is 12.6. The maximum absolute atomic E-state index is 12.6. The van der Waals surface area contributed by atoms with Crippen molar-refractivity contribution in [3.8, 4) is 0 Å². The minimum Gasteiger partial charge on any atom is -0.452 e. The Morgan fingerprint density at radius 1 is 1.00 bits per heavy atom. The van der Waals surface area contributed by atoms with E-state index in [1.165, 1.54) is 46.8 Å². The minimum atomic E-state index is -3.60. The molecule has 30 heavy (non-hydrogen) atoms. The molecule has 0 bridgehead atoms. The third-order valence-corrected chi connectivity index (χ3v) is 6.45. The van der Waals surface area contributed by atoms with Crippen molar-refractivity contribution in [1.82, 2.24) is 4.31 Å². The van der Waals surface area contributed by atoms with Gasteiger partial charge < -0.3 is 15.8 Å². The van der Waals surface area contributed by atoms with Gasteiger partial charge in [-0.15, -0.1) is 0 Å². The fourth-order valence-corrected chi connectivity index (χ4v) is 4.56. The third kappa shape index (κ3) is 5.02. The van der Waals surface area contributed by atoms with Crippen molar-refractivity contribution < 1.29 is 27.5 Å². The maximum Gasteiger partial charge on any atom is 0.338 e. The van der Waals surface area contributed by atoms with Crippen LogP contribution in [0, 0.1) is 0 Å². The summed E-state index contributed by atoms with van der Waals surface area (Å²) in [6.07, 6.45) is 1.65. The summed E-state index contributed by atoms with van der Waals surface area (Å²) in [7, 11) is -3.60. The number of benzene rings is 2. The summed E-state index contributed by atoms with van der Waals surface area (Å²) in [5, 5.41) is 2.52. The van der Waals surface area contributed by atoms with Crippen molar-refractivity contribution in [2.24, 2.45) is 5.73 Å². The molecule has 2 amide bonds. The lowest BCUT2D eigenvalue weighted by molar-refractivity contribution is -0.119. The molecule has 1 saturated heterocycles. The number of ether oxygens (including phenoxy) is 1. The summed E-state index contributed by atoms with van der Waals surface area (Å²) >= 11 is 0. The second-order valence-corrected chi connectivity index (χ2v) is 8.64. The molecule has 1 fully saturated rings. The highest BCUT2D eigenvalue weighted by molar-refractivity contribution is 7.89. The number of sulfonamides is 1. The summed E-state index contributed by atoms with van der Waals surface area (Å²) in [4.78, 5) is 35.2. The number of carbonyl (C=O) groups excluding carboxylic acids is 3. The number of rotatable bonds is 7. The Labute approximate surface area is 173 Å². The number of amides is 2. The molecule has 0 atom stereocenters. The number of nitrogens with one attached hydrogen (secondary N) is 1. The summed E-state index contributed by atoms with van der Waals surface area (Å²) in [6.45, 7) is 0.407. The van der Waals surface area contributed by atoms with Crippen LogP contribution >= 0.6 is 0 Å². The largest absolute Gasteiger partial charge is 0.452 e. The molecule has 2 aromatic carbocycles. The Balaban J connectivity index is 1.58. The number of nitrogens with two attached hydrogens (primary N) is 1. The van der Waals surface area contributed by atoms with Crippen LogP contribution < -0.4 is 11.1 Å². The zero-order chi connectivity index (χ0) is 21.7. The zero-order valence-corrected chi connectivity index (χ0v) is 16.9. The average molecular weight is 431 g/mol. The van der Waals surface area contributed by atoms with E-state index in [0.717, 1.165) is 12.8 Å². The third-order valence-electron chi connectivity index (χ3n) is 4.56. The Morgan fingerprint density at radius 3 is 2.27 bits per heavy atom. The predicted molar refractivity (Wildman–Crippen MR) is 108 cm³/mol. The number of anilines is 1. The average Bonchev–Trinajstić information content (AvgIpc) is 3.28. The Bertz CT molecular complexity index is 1060. The highest BCUT2D eigenvalue weighted by Crippen LogP contribution is 2.23. The van der Waals surface area contributed by atoms with E-state index >= 15 is 0 Å². The van der Waals surface area contributed by atoms with Crippen LogP contribution in [0.25, 0.3) is 0 Å². The lowest BCUT2D eigenvalue weighted by Crippen LogP contribution is -2.28. The van der Waals surface area contributed by atoms with Crippen LogP contribution in [0.3, 0.4) is 0 Å². The number of hydrogen-bond acceptors (Lipinski definition) is 6. The van der Waals surface area contributed by atoms with Crippen LogP contribution in [0.2, 0.25) is 0 Å². The summed E-state index contributed by atoms with van der Waals surface area (Å²) in [5.41, 5.74) is 5.82. The van der Waals surface area contributed by atoms with Crippen molar-refractivity contribution in [1.29, 1.82) is 0 Å². The molecule has 158 valence electrons. The fraction of sp³-hybridized carbons (Fsp3) is 0.250. The monoisotopic (exact) mass is 431 g/mol. The molecule has 1 aliphatic heterocycles. The van der Waals surface area contributed by atoms with Crippen molar-refractivity contribution in [2.75, 3.05) is 25.0 Å². The highest BCUT2D eigenvalue weighted by Gasteiger charge is 2.27. The quantitative estimate of drug-likeness (QED) is 0.636. The lowest BCUT2D eigenvalue weighted by atomic mass is 10.1. The molecule has 0 radical (unpaired) electrons. The van der Waals surface area contributed by atoms with Crippen molar-refractivity contribution in [3.63, 3.8) is 0 Å². The van der Waals surface area contributed by atoms with Crippen LogP contribution in [0.5, 0.6) is 0 Å². The van der Waals surface area contributed by atoms with Crippen LogP contribution in [-0.2, 0) is 19.6 Å². The Morgan fingerprint density at radius 2 is 1.63 bits per heavy atom. The Kier molecular flexibility index (Phi) is 6.48. The van der Waals surface area contributed by atoms with E-state index in [0.29, 0.717) is 13.1 Å². The van der Waals surface area contributed by atoms with E-state index in [2.05, 4.69) is 5.32 Å². The highest BCUT2D eigenvalue weighted by atomic mass is 32.2. The standard InChI is InChI=1S/C20H21N3O6S/c21-19(25)14-6-8-15(9-7-14)20(26)29-13-18(24)22-16-4-3-5-17(12-16)30(27,28)23-10-1-2-11-23/h3-9,12H,1-2,10-11,13H2,(H2,21,25)(H,22,24). The summed E-state index contributed by atoms with van der Waals surface area (Å²) in [6, 6.07) is 11.4. The van der Waals surface area contributed by atoms with Crippen LogP contribution in [0.1, 0.15) is 33.6 Å². The molecule has 3 rings (SSSR count). The van der Waals surface area contributed by atoms with Gasteiger partial charge in [-0.3, -0.25) is 9.59 Å². The molecule has 1 heterocycles. The first-order valence-corrected chi connectivity index (χ1v) is 10.7. The number of hydrogen-bond donors (Lipinski definition) is 2. The van der Waals surface area contributed by atoms with Crippen LogP contribution in [0.4, 0.5) is 5.69 Å². The lowest BCUT2D eigenvalue weighted by Gasteiger charge is -2.16. The molecule has 10 heteroatoms. The molecule has 1 aliphatic rings. The smallest absolute Gasteiger partial charge is 0.338 e. The summed E-state index contributed by atoms with van der Waals surface area (Å²) in [5.74, 6) is -1.98. The minimum absolute atomic E-state index is 0.0914. The van der Waals surface area contributed by atoms with Crippen molar-refractivity contribution in [2.45, 2.75) is 17.7 Å². The van der Waals surface area contributed by atoms with Gasteiger partial charge in [-0.05, 0) is 55.3 Å². The van der Waals surface area contributed by atoms with E-state index in [9.17, 15) is 22.8 Å². The van der Waals surface area contributed by atoms with Crippen molar-refractivity contribution >= 4 is 33.5 Å². The molecule has 3 N–H and O–H groups in total. The molecule has 0 aromatic heterocycles. The predicted octanol–water partition coefficient (Wildman–Crippen LogP) is 1.37. The number of esters is 1. The fourth-order valence-electron chi connectivity index (χ4n) is 2.99. The second-order valence-electron chi connectivity index (χ2n) is 6.70. The molecule has 2 aromatic rings. The normalized spacial score (nSPS) is 14.3. The van der Waals surface area contributed by atoms with Gasteiger partial charge in [0.2, 0.25) is 15.9 Å². The molecule has 0 saturated carbocycles. The van der Waals surface area contributed by atoms with Gasteiger partial charge in [0.05, 0.1) is 10.5 Å². The number of nitrogens with zero attached hydrogens (tertiary/aromatic N) is 1. The van der Waals surface area contributed by atoms with Crippen LogP contribution in [-0.4, -0.2) is 50.2 Å². The molecular formula is C20H21N3O6S. The van der Waals surface area contributed by atoms with Gasteiger partial charge in [0.1, 0.15) is 0 Å². The van der Waals surface area contributed by atoms with Crippen LogP contribution in [0.15, 0.2) is 53.4 Å². The van der Waals surface area contributed by atoms with Gasteiger partial charge in [0.15, 0.2) is 6.61 Å². The first-order valence-electron chi connectivity index (χ1n) is 9.24. The van der Waals surface area contributed by atoms with E-state index in [4.69, 9.17) is 10.5 Å². The van der Waals surface area contributed by atoms with E-state index in [1.54, 1.807) is 6.07 Å². The van der Waals surface area contributed by atoms with Gasteiger partial charge in [-0.2, -0.15) is 4.31 Å². The van der Waals surface area contributed by atoms with Crippen molar-refractivity contribution in [3.05, 3.63) is 59.7 Å². The second kappa shape index (κ2) is 9.06. The molecule has 9 nitrogen and oxygen atoms in total. The molecule has 0 aliphatic carbocycles. The van der Waals surface area contributed by atoms with E-state index in [1.807, 2.05) is 0 Å². The molecular weight excluding hydrogens is 410 g/mol. The zero-order valence-electron chi connectivity index (χ0n) is 16.0. The molecule has 0 spiro atoms. The van der Waals surface area contributed by atoms with Gasteiger partial charge in [0.25, 0.3) is 5.91 Å². The van der Waals surface area contributed by atoms with E-state index < -0.39 is 34.4 Å². The van der Waals surface area contributed by atoms with Gasteiger partial charge in [-0.25, -0.2) is 13.2 Å². The van der Waals surface area contributed by atoms with Gasteiger partial charge >= 0.3 is 5.97 Å². The Hall–Kier alpha value is -3.24. The van der Waals surface area contributed by atoms with Gasteiger partial charge in [0, 0.05) is 24.3 Å². The topological polar surface area (TPSA) is 136 Å². The first kappa shape index (κ1) is 21.5. The van der Waals surface area contributed by atoms with Gasteiger partial charge in [-0.1, -0.05) is 6.07 Å². The SMILES string of the molecule is NC(=O)c1ccc(C(=O)OCC(=O)Nc2cccc(S(=O)(=O)N3CCCC3)c2)cc1. The molecule has 0 unspecified atom stereocenters. The summed E-state index contributed by atoms with van der Waals surface area (Å²) < 4.78 is 31.6. The number of primary amides is 1.